The maximum Gasteiger partial charge on any atom is 0.213 e. The van der Waals surface area contributed by atoms with Gasteiger partial charge in [-0.3, -0.25) is 0 Å². The number of hydrogen-bond acceptors (Lipinski definition) is 5. The number of benzene rings is 1. The Morgan fingerprint density at radius 1 is 1.14 bits per heavy atom. The van der Waals surface area contributed by atoms with Crippen molar-refractivity contribution >= 4 is 15.5 Å². The summed E-state index contributed by atoms with van der Waals surface area (Å²) in [5.74, 6) is 0.604. The van der Waals surface area contributed by atoms with Gasteiger partial charge < -0.3 is 10.1 Å². The molecule has 0 radical (unpaired) electrons. The van der Waals surface area contributed by atoms with Crippen LogP contribution in [0.4, 0.5) is 5.69 Å². The second-order valence-corrected chi connectivity index (χ2v) is 6.67. The van der Waals surface area contributed by atoms with Crippen LogP contribution in [-0.4, -0.2) is 26.3 Å². The second kappa shape index (κ2) is 6.58. The highest BCUT2D eigenvalue weighted by atomic mass is 32.2. The lowest BCUT2D eigenvalue weighted by molar-refractivity contribution is 0.396. The summed E-state index contributed by atoms with van der Waals surface area (Å²) in [6.45, 7) is 2.06. The molecule has 0 bridgehead atoms. The van der Waals surface area contributed by atoms with Gasteiger partial charge in [0.1, 0.15) is 0 Å². The van der Waals surface area contributed by atoms with Crippen LogP contribution < -0.4 is 10.1 Å². The van der Waals surface area contributed by atoms with E-state index < -0.39 is 9.84 Å². The predicted molar refractivity (Wildman–Crippen MR) is 82.3 cm³/mol. The van der Waals surface area contributed by atoms with Gasteiger partial charge in [0.25, 0.3) is 0 Å². The lowest BCUT2D eigenvalue weighted by atomic mass is 10.3. The Morgan fingerprint density at radius 3 is 2.62 bits per heavy atom. The number of methoxy groups -OCH3 is 1. The molecule has 0 saturated heterocycles. The normalized spacial score (nSPS) is 11.1. The van der Waals surface area contributed by atoms with Crippen LogP contribution in [0.15, 0.2) is 47.4 Å². The first-order chi connectivity index (χ1) is 10.1. The maximum absolute atomic E-state index is 12.1. The van der Waals surface area contributed by atoms with Crippen molar-refractivity contribution in [1.29, 1.82) is 0 Å². The average molecular weight is 306 g/mol. The van der Waals surface area contributed by atoms with E-state index in [1.165, 1.54) is 0 Å². The first-order valence-electron chi connectivity index (χ1n) is 6.62. The van der Waals surface area contributed by atoms with Crippen LogP contribution in [0.25, 0.3) is 0 Å². The lowest BCUT2D eigenvalue weighted by Gasteiger charge is -2.11. The van der Waals surface area contributed by atoms with E-state index in [0.717, 1.165) is 5.69 Å². The number of hydrogen-bond donors (Lipinski definition) is 1. The number of ether oxygens (including phenoxy) is 1. The van der Waals surface area contributed by atoms with Crippen LogP contribution in [-0.2, 0) is 16.4 Å². The molecular weight excluding hydrogens is 288 g/mol. The van der Waals surface area contributed by atoms with Gasteiger partial charge in [0, 0.05) is 6.07 Å². The average Bonchev–Trinajstić information content (AvgIpc) is 2.53. The molecule has 1 aromatic heterocycles. The third kappa shape index (κ3) is 3.72. The Labute approximate surface area is 124 Å². The number of para-hydroxylation sites is 1. The summed E-state index contributed by atoms with van der Waals surface area (Å²) in [4.78, 5) is 4.60. The molecule has 1 N–H and O–H groups in total. The molecule has 21 heavy (non-hydrogen) atoms. The number of anilines is 1. The Bertz CT molecular complexity index is 714. The molecule has 1 heterocycles. The van der Waals surface area contributed by atoms with Crippen LogP contribution in [0.2, 0.25) is 0 Å². The molecule has 0 atom stereocenters. The van der Waals surface area contributed by atoms with Gasteiger partial charge in [0.05, 0.1) is 35.7 Å². The van der Waals surface area contributed by atoms with E-state index in [0.29, 0.717) is 23.0 Å². The largest absolute Gasteiger partial charge is 0.481 e. The third-order valence-corrected chi connectivity index (χ3v) is 4.84. The van der Waals surface area contributed by atoms with Crippen molar-refractivity contribution < 1.29 is 13.2 Å². The van der Waals surface area contributed by atoms with Crippen molar-refractivity contribution in [3.63, 3.8) is 0 Å². The molecule has 0 aliphatic carbocycles. The van der Waals surface area contributed by atoms with E-state index in [4.69, 9.17) is 4.74 Å². The van der Waals surface area contributed by atoms with Crippen molar-refractivity contribution in [2.75, 3.05) is 18.2 Å². The molecule has 2 rings (SSSR count). The fourth-order valence-electron chi connectivity index (χ4n) is 1.89. The van der Waals surface area contributed by atoms with Crippen molar-refractivity contribution in [1.82, 2.24) is 4.98 Å². The van der Waals surface area contributed by atoms with E-state index in [1.54, 1.807) is 44.4 Å². The Morgan fingerprint density at radius 2 is 1.90 bits per heavy atom. The van der Waals surface area contributed by atoms with Gasteiger partial charge in [-0.15, -0.1) is 0 Å². The molecule has 0 fully saturated rings. The molecule has 112 valence electrons. The first kappa shape index (κ1) is 15.3. The Hall–Kier alpha value is -2.08. The minimum absolute atomic E-state index is 0.0725. The van der Waals surface area contributed by atoms with Gasteiger partial charge in [0.15, 0.2) is 9.84 Å². The van der Waals surface area contributed by atoms with Crippen molar-refractivity contribution in [3.05, 3.63) is 48.2 Å². The van der Waals surface area contributed by atoms with Gasteiger partial charge in [-0.05, 0) is 18.2 Å². The monoisotopic (exact) mass is 306 g/mol. The zero-order chi connectivity index (χ0) is 15.3. The fraction of sp³-hybridized carbons (Fsp3) is 0.267. The molecule has 0 aliphatic heterocycles. The summed E-state index contributed by atoms with van der Waals surface area (Å²) < 4.78 is 29.2. The first-order valence-corrected chi connectivity index (χ1v) is 8.27. The van der Waals surface area contributed by atoms with Gasteiger partial charge in [0.2, 0.25) is 5.88 Å². The van der Waals surface area contributed by atoms with Crippen molar-refractivity contribution in [2.45, 2.75) is 18.4 Å². The highest BCUT2D eigenvalue weighted by Crippen LogP contribution is 2.22. The van der Waals surface area contributed by atoms with E-state index >= 15 is 0 Å². The zero-order valence-electron chi connectivity index (χ0n) is 12.0. The van der Waals surface area contributed by atoms with Crippen LogP contribution in [0, 0.1) is 0 Å². The van der Waals surface area contributed by atoms with Crippen LogP contribution in [0.1, 0.15) is 12.6 Å². The summed E-state index contributed by atoms with van der Waals surface area (Å²) in [5, 5.41) is 3.12. The van der Waals surface area contributed by atoms with Crippen LogP contribution >= 0.6 is 0 Å². The van der Waals surface area contributed by atoms with E-state index in [2.05, 4.69) is 10.3 Å². The van der Waals surface area contributed by atoms with Gasteiger partial charge >= 0.3 is 0 Å². The number of nitrogens with one attached hydrogen (secondary N) is 1. The highest BCUT2D eigenvalue weighted by molar-refractivity contribution is 7.91. The van der Waals surface area contributed by atoms with Gasteiger partial charge in [-0.1, -0.05) is 25.1 Å². The molecule has 5 nitrogen and oxygen atoms in total. The number of sulfone groups is 1. The third-order valence-electron chi connectivity index (χ3n) is 3.05. The van der Waals surface area contributed by atoms with E-state index in [1.807, 2.05) is 12.1 Å². The Kier molecular flexibility index (Phi) is 4.80. The van der Waals surface area contributed by atoms with E-state index in [-0.39, 0.29) is 5.75 Å². The minimum atomic E-state index is -3.25. The molecule has 0 aliphatic rings. The molecule has 0 unspecified atom stereocenters. The standard InChI is InChI=1S/C15H18N2O3S/c1-3-21(18,19)14-9-5-4-8-13(14)16-11-12-7-6-10-15(17-12)20-2/h4-10,16H,3,11H2,1-2H3. The van der Waals surface area contributed by atoms with Gasteiger partial charge in [-0.2, -0.15) is 0 Å². The summed E-state index contributed by atoms with van der Waals surface area (Å²) in [6, 6.07) is 12.3. The molecule has 6 heteroatoms. The molecule has 1 aromatic carbocycles. The Balaban J connectivity index is 2.21. The number of nitrogens with zero attached hydrogens (tertiary/aromatic N) is 1. The summed E-state index contributed by atoms with van der Waals surface area (Å²) in [7, 11) is -1.70. The smallest absolute Gasteiger partial charge is 0.213 e. The lowest BCUT2D eigenvalue weighted by Crippen LogP contribution is -2.09. The molecule has 0 amide bonds. The minimum Gasteiger partial charge on any atom is -0.481 e. The van der Waals surface area contributed by atoms with Crippen molar-refractivity contribution in [2.24, 2.45) is 0 Å². The molecule has 2 aromatic rings. The summed E-state index contributed by atoms with van der Waals surface area (Å²) in [5.41, 5.74) is 1.36. The van der Waals surface area contributed by atoms with Crippen molar-refractivity contribution in [3.8, 4) is 5.88 Å². The highest BCUT2D eigenvalue weighted by Gasteiger charge is 2.15. The predicted octanol–water partition coefficient (Wildman–Crippen LogP) is 2.50. The molecule has 0 spiro atoms. The molecule has 0 saturated carbocycles. The van der Waals surface area contributed by atoms with Gasteiger partial charge in [-0.25, -0.2) is 13.4 Å². The fourth-order valence-corrected chi connectivity index (χ4v) is 2.97. The number of aromatic nitrogens is 1. The van der Waals surface area contributed by atoms with Crippen LogP contribution in [0.3, 0.4) is 0 Å². The number of pyridine rings is 1. The second-order valence-electron chi connectivity index (χ2n) is 4.42. The van der Waals surface area contributed by atoms with E-state index in [9.17, 15) is 8.42 Å². The topological polar surface area (TPSA) is 68.3 Å². The SMILES string of the molecule is CCS(=O)(=O)c1ccccc1NCc1cccc(OC)n1. The maximum atomic E-state index is 12.1. The summed E-state index contributed by atoms with van der Waals surface area (Å²) >= 11 is 0. The quantitative estimate of drug-likeness (QED) is 0.888. The number of rotatable bonds is 6. The molecular formula is C15H18N2O3S. The summed E-state index contributed by atoms with van der Waals surface area (Å²) in [6.07, 6.45) is 0. The zero-order valence-corrected chi connectivity index (χ0v) is 12.9. The van der Waals surface area contributed by atoms with Crippen LogP contribution in [0.5, 0.6) is 5.88 Å².